The first-order valence-corrected chi connectivity index (χ1v) is 8.22. The van der Waals surface area contributed by atoms with E-state index in [1.54, 1.807) is 0 Å². The Morgan fingerprint density at radius 3 is 2.50 bits per heavy atom. The second-order valence-electron chi connectivity index (χ2n) is 4.70. The molecule has 0 saturated carbocycles. The number of fused-ring (bicyclic) bond motifs is 1. The molecule has 2 N–H and O–H groups in total. The van der Waals surface area contributed by atoms with Crippen molar-refractivity contribution < 1.29 is 17.8 Å². The molecule has 0 aliphatic heterocycles. The molecule has 3 rings (SSSR count). The number of rotatable bonds is 4. The van der Waals surface area contributed by atoms with Gasteiger partial charge in [0.05, 0.1) is 15.5 Å². The van der Waals surface area contributed by atoms with Crippen molar-refractivity contribution in [3.63, 3.8) is 0 Å². The van der Waals surface area contributed by atoms with Gasteiger partial charge in [0, 0.05) is 23.9 Å². The first-order valence-electron chi connectivity index (χ1n) is 6.36. The van der Waals surface area contributed by atoms with E-state index in [0.29, 0.717) is 0 Å². The minimum atomic E-state index is -4.09. The highest BCUT2D eigenvalue weighted by Crippen LogP contribution is 2.28. The molecular formula is C13H8ClN3O6S. The van der Waals surface area contributed by atoms with Gasteiger partial charge in [0.2, 0.25) is 0 Å². The third-order valence-corrected chi connectivity index (χ3v) is 4.94. The highest BCUT2D eigenvalue weighted by Gasteiger charge is 2.21. The predicted octanol–water partition coefficient (Wildman–Crippen LogP) is 2.48. The highest BCUT2D eigenvalue weighted by atomic mass is 35.5. The summed E-state index contributed by atoms with van der Waals surface area (Å²) in [5.41, 5.74) is 0.242. The standard InChI is InChI=1S/C13H8ClN3O6S/c14-9-5-10-11(23-13(18)15-10)6-12(9)24(21,22)16-7-1-3-8(4-2-7)17(19)20/h1-6,16H,(H,15,18). The molecule has 124 valence electrons. The molecule has 0 atom stereocenters. The van der Waals surface area contributed by atoms with E-state index in [9.17, 15) is 23.3 Å². The molecule has 0 spiro atoms. The van der Waals surface area contributed by atoms with Crippen LogP contribution in [0.1, 0.15) is 0 Å². The molecular weight excluding hydrogens is 362 g/mol. The molecule has 0 aliphatic carbocycles. The van der Waals surface area contributed by atoms with E-state index in [4.69, 9.17) is 16.0 Å². The van der Waals surface area contributed by atoms with E-state index in [2.05, 4.69) is 9.71 Å². The molecule has 2 aromatic carbocycles. The number of hydrogen-bond acceptors (Lipinski definition) is 6. The number of nitro groups is 1. The smallest absolute Gasteiger partial charge is 0.408 e. The number of non-ortho nitro benzene ring substituents is 1. The van der Waals surface area contributed by atoms with Gasteiger partial charge in [0.25, 0.3) is 15.7 Å². The van der Waals surface area contributed by atoms with Crippen molar-refractivity contribution in [3.05, 3.63) is 62.1 Å². The van der Waals surface area contributed by atoms with E-state index >= 15 is 0 Å². The van der Waals surface area contributed by atoms with Gasteiger partial charge < -0.3 is 4.42 Å². The minimum absolute atomic E-state index is 0.0356. The number of sulfonamides is 1. The maximum atomic E-state index is 12.4. The number of anilines is 1. The fourth-order valence-corrected chi connectivity index (χ4v) is 3.62. The van der Waals surface area contributed by atoms with Crippen LogP contribution in [-0.4, -0.2) is 18.3 Å². The molecule has 3 aromatic rings. The Bertz CT molecular complexity index is 1100. The summed E-state index contributed by atoms with van der Waals surface area (Å²) in [6, 6.07) is 7.19. The minimum Gasteiger partial charge on any atom is -0.408 e. The number of aromatic amines is 1. The van der Waals surface area contributed by atoms with Crippen LogP contribution in [0.15, 0.2) is 50.5 Å². The fourth-order valence-electron chi connectivity index (χ4n) is 2.02. The summed E-state index contributed by atoms with van der Waals surface area (Å²) in [6.45, 7) is 0. The molecule has 0 aliphatic rings. The molecule has 9 nitrogen and oxygen atoms in total. The lowest BCUT2D eigenvalue weighted by Crippen LogP contribution is -2.13. The lowest BCUT2D eigenvalue weighted by molar-refractivity contribution is -0.384. The average Bonchev–Trinajstić information content (AvgIpc) is 2.85. The largest absolute Gasteiger partial charge is 0.417 e. The van der Waals surface area contributed by atoms with E-state index in [0.717, 1.165) is 18.2 Å². The van der Waals surface area contributed by atoms with Crippen LogP contribution in [0, 0.1) is 10.1 Å². The summed E-state index contributed by atoms with van der Waals surface area (Å²) >= 11 is 5.96. The van der Waals surface area contributed by atoms with Gasteiger partial charge in [-0.1, -0.05) is 11.6 Å². The van der Waals surface area contributed by atoms with Crippen LogP contribution in [0.5, 0.6) is 0 Å². The molecule has 1 heterocycles. The summed E-state index contributed by atoms with van der Waals surface area (Å²) in [4.78, 5) is 23.2. The Balaban J connectivity index is 1.99. The molecule has 0 bridgehead atoms. The van der Waals surface area contributed by atoms with E-state index < -0.39 is 20.7 Å². The van der Waals surface area contributed by atoms with Gasteiger partial charge in [-0.2, -0.15) is 0 Å². The summed E-state index contributed by atoms with van der Waals surface area (Å²) < 4.78 is 31.9. The summed E-state index contributed by atoms with van der Waals surface area (Å²) in [6.07, 6.45) is 0. The lowest BCUT2D eigenvalue weighted by Gasteiger charge is -2.09. The Hall–Kier alpha value is -2.85. The van der Waals surface area contributed by atoms with E-state index in [1.165, 1.54) is 18.2 Å². The van der Waals surface area contributed by atoms with Gasteiger partial charge in [-0.25, -0.2) is 13.2 Å². The number of halogens is 1. The zero-order chi connectivity index (χ0) is 17.5. The molecule has 0 unspecified atom stereocenters. The Kier molecular flexibility index (Phi) is 3.78. The maximum Gasteiger partial charge on any atom is 0.417 e. The van der Waals surface area contributed by atoms with Gasteiger partial charge in [0.15, 0.2) is 5.58 Å². The van der Waals surface area contributed by atoms with Crippen LogP contribution in [0.3, 0.4) is 0 Å². The second-order valence-corrected chi connectivity index (χ2v) is 6.76. The van der Waals surface area contributed by atoms with Gasteiger partial charge in [-0.3, -0.25) is 19.8 Å². The van der Waals surface area contributed by atoms with Crippen molar-refractivity contribution in [2.75, 3.05) is 4.72 Å². The normalized spacial score (nSPS) is 11.5. The topological polar surface area (TPSA) is 135 Å². The highest BCUT2D eigenvalue weighted by molar-refractivity contribution is 7.92. The maximum absolute atomic E-state index is 12.4. The molecule has 0 saturated heterocycles. The average molecular weight is 370 g/mol. The monoisotopic (exact) mass is 369 g/mol. The quantitative estimate of drug-likeness (QED) is 0.535. The number of nitrogens with zero attached hydrogens (tertiary/aromatic N) is 1. The Morgan fingerprint density at radius 1 is 1.21 bits per heavy atom. The van der Waals surface area contributed by atoms with Crippen molar-refractivity contribution >= 4 is 44.1 Å². The molecule has 0 radical (unpaired) electrons. The number of nitrogens with one attached hydrogen (secondary N) is 2. The third-order valence-electron chi connectivity index (χ3n) is 3.09. The zero-order valence-corrected chi connectivity index (χ0v) is 13.2. The Morgan fingerprint density at radius 2 is 1.88 bits per heavy atom. The van der Waals surface area contributed by atoms with Crippen molar-refractivity contribution in [2.45, 2.75) is 4.90 Å². The van der Waals surface area contributed by atoms with E-state index in [-0.39, 0.29) is 32.4 Å². The number of H-pyrrole nitrogens is 1. The van der Waals surface area contributed by atoms with E-state index in [1.807, 2.05) is 0 Å². The van der Waals surface area contributed by atoms with Crippen LogP contribution in [0.25, 0.3) is 11.1 Å². The molecule has 1 aromatic heterocycles. The number of hydrogen-bond donors (Lipinski definition) is 2. The SMILES string of the molecule is O=c1[nH]c2cc(Cl)c(S(=O)(=O)Nc3ccc([N+](=O)[O-])cc3)cc2o1. The molecule has 24 heavy (non-hydrogen) atoms. The number of aromatic nitrogens is 1. The van der Waals surface area contributed by atoms with Gasteiger partial charge >= 0.3 is 5.76 Å². The molecule has 0 amide bonds. The summed E-state index contributed by atoms with van der Waals surface area (Å²) in [5, 5.41) is 10.5. The van der Waals surface area contributed by atoms with Gasteiger partial charge in [-0.05, 0) is 18.2 Å². The van der Waals surface area contributed by atoms with Gasteiger partial charge in [0.1, 0.15) is 4.90 Å². The van der Waals surface area contributed by atoms with Crippen LogP contribution >= 0.6 is 11.6 Å². The van der Waals surface area contributed by atoms with Crippen molar-refractivity contribution in [1.82, 2.24) is 4.98 Å². The molecule has 0 fully saturated rings. The second kappa shape index (κ2) is 5.65. The Labute approximate surface area is 139 Å². The van der Waals surface area contributed by atoms with Crippen LogP contribution in [0.4, 0.5) is 11.4 Å². The summed E-state index contributed by atoms with van der Waals surface area (Å²) in [5.74, 6) is -0.737. The number of oxazole rings is 1. The number of benzene rings is 2. The van der Waals surface area contributed by atoms with Crippen molar-refractivity contribution in [3.8, 4) is 0 Å². The lowest BCUT2D eigenvalue weighted by atomic mass is 10.3. The molecule has 11 heteroatoms. The zero-order valence-electron chi connectivity index (χ0n) is 11.6. The predicted molar refractivity (Wildman–Crippen MR) is 85.7 cm³/mol. The van der Waals surface area contributed by atoms with Crippen LogP contribution in [-0.2, 0) is 10.0 Å². The summed E-state index contributed by atoms with van der Waals surface area (Å²) in [7, 11) is -4.09. The number of nitro benzene ring substituents is 1. The third kappa shape index (κ3) is 2.96. The fraction of sp³-hybridized carbons (Fsp3) is 0. The van der Waals surface area contributed by atoms with Crippen LogP contribution < -0.4 is 10.5 Å². The first kappa shape index (κ1) is 16.0. The first-order chi connectivity index (χ1) is 11.3. The van der Waals surface area contributed by atoms with Gasteiger partial charge in [-0.15, -0.1) is 0 Å². The van der Waals surface area contributed by atoms with Crippen molar-refractivity contribution in [2.24, 2.45) is 0 Å². The van der Waals surface area contributed by atoms with Crippen molar-refractivity contribution in [1.29, 1.82) is 0 Å². The van der Waals surface area contributed by atoms with Crippen LogP contribution in [0.2, 0.25) is 5.02 Å².